The van der Waals surface area contributed by atoms with Gasteiger partial charge in [0, 0.05) is 5.69 Å². The topological polar surface area (TPSA) is 79.2 Å². The predicted molar refractivity (Wildman–Crippen MR) is 109 cm³/mol. The van der Waals surface area contributed by atoms with E-state index < -0.39 is 5.97 Å². The van der Waals surface area contributed by atoms with Gasteiger partial charge in [0.05, 0.1) is 11.6 Å². The number of amides is 1. The first-order valence-electron chi connectivity index (χ1n) is 9.16. The second-order valence-electron chi connectivity index (χ2n) is 7.88. The molecule has 0 fully saturated rings. The van der Waals surface area contributed by atoms with Crippen molar-refractivity contribution in [3.05, 3.63) is 64.2 Å². The number of hydrogen-bond acceptors (Lipinski definition) is 4. The fourth-order valence-corrected chi connectivity index (χ4v) is 2.84. The van der Waals surface area contributed by atoms with Crippen molar-refractivity contribution in [1.29, 1.82) is 5.26 Å². The van der Waals surface area contributed by atoms with Crippen LogP contribution in [-0.4, -0.2) is 11.9 Å². The first kappa shape index (κ1) is 21.2. The molecule has 5 heteroatoms. The average molecular weight is 378 g/mol. The van der Waals surface area contributed by atoms with Gasteiger partial charge < -0.3 is 10.1 Å². The second kappa shape index (κ2) is 8.71. The highest BCUT2D eigenvalue weighted by atomic mass is 16.5. The second-order valence-corrected chi connectivity index (χ2v) is 7.88. The molecule has 0 atom stereocenters. The number of nitrogens with zero attached hydrogens (tertiary/aromatic N) is 1. The van der Waals surface area contributed by atoms with Gasteiger partial charge in [0.25, 0.3) is 0 Å². The zero-order valence-corrected chi connectivity index (χ0v) is 17.1. The number of nitrogens with one attached hydrogen (secondary N) is 1. The molecule has 0 bridgehead atoms. The summed E-state index contributed by atoms with van der Waals surface area (Å²) in [4.78, 5) is 23.8. The Bertz CT molecular complexity index is 893. The minimum absolute atomic E-state index is 0.0646. The van der Waals surface area contributed by atoms with Crippen molar-refractivity contribution in [1.82, 2.24) is 0 Å². The Hall–Kier alpha value is -3.13. The van der Waals surface area contributed by atoms with Gasteiger partial charge in [-0.25, -0.2) is 4.79 Å². The fourth-order valence-electron chi connectivity index (χ4n) is 2.84. The van der Waals surface area contributed by atoms with Gasteiger partial charge in [0.2, 0.25) is 5.91 Å². The van der Waals surface area contributed by atoms with E-state index in [-0.39, 0.29) is 24.3 Å². The van der Waals surface area contributed by atoms with Gasteiger partial charge in [-0.05, 0) is 65.8 Å². The van der Waals surface area contributed by atoms with Crippen molar-refractivity contribution in [2.24, 2.45) is 0 Å². The third kappa shape index (κ3) is 5.43. The molecule has 2 rings (SSSR count). The van der Waals surface area contributed by atoms with E-state index in [1.807, 2.05) is 13.8 Å². The summed E-state index contributed by atoms with van der Waals surface area (Å²) in [5, 5.41) is 11.1. The molecule has 1 N–H and O–H groups in total. The predicted octanol–water partition coefficient (Wildman–Crippen LogP) is 4.81. The van der Waals surface area contributed by atoms with E-state index in [1.54, 1.807) is 30.3 Å². The lowest BCUT2D eigenvalue weighted by Gasteiger charge is -2.22. The third-order valence-electron chi connectivity index (χ3n) is 4.55. The average Bonchev–Trinajstić information content (AvgIpc) is 2.60. The molecule has 0 saturated heterocycles. The van der Waals surface area contributed by atoms with Crippen LogP contribution in [0.1, 0.15) is 59.8 Å². The van der Waals surface area contributed by atoms with Gasteiger partial charge in [0.15, 0.2) is 0 Å². The Morgan fingerprint density at radius 1 is 1.07 bits per heavy atom. The number of hydrogen-bond donors (Lipinski definition) is 1. The molecule has 0 unspecified atom stereocenters. The van der Waals surface area contributed by atoms with E-state index in [9.17, 15) is 9.59 Å². The van der Waals surface area contributed by atoms with Crippen LogP contribution >= 0.6 is 0 Å². The lowest BCUT2D eigenvalue weighted by Crippen LogP contribution is -2.13. The Morgan fingerprint density at radius 2 is 1.64 bits per heavy atom. The molecule has 2 aromatic rings. The number of anilines is 1. The van der Waals surface area contributed by atoms with Gasteiger partial charge in [-0.2, -0.15) is 5.26 Å². The standard InChI is InChI=1S/C23H26N2O3/c1-15-12-18(23(3,4)5)13-16(2)20(15)14-28-22(27)17-6-8-19(9-7-17)25-21(26)10-11-24/h6-9,12-13H,10,14H2,1-5H3,(H,25,26). The van der Waals surface area contributed by atoms with Crippen LogP contribution in [0.2, 0.25) is 0 Å². The van der Waals surface area contributed by atoms with Crippen LogP contribution in [0.25, 0.3) is 0 Å². The Balaban J connectivity index is 2.04. The molecular formula is C23H26N2O3. The fraction of sp³-hybridized carbons (Fsp3) is 0.348. The highest BCUT2D eigenvalue weighted by Crippen LogP contribution is 2.27. The maximum atomic E-state index is 12.4. The summed E-state index contributed by atoms with van der Waals surface area (Å²) in [7, 11) is 0. The largest absolute Gasteiger partial charge is 0.457 e. The molecule has 0 aliphatic heterocycles. The summed E-state index contributed by atoms with van der Waals surface area (Å²) < 4.78 is 5.49. The highest BCUT2D eigenvalue weighted by Gasteiger charge is 2.17. The van der Waals surface area contributed by atoms with E-state index in [0.29, 0.717) is 11.3 Å². The molecule has 1 amide bonds. The normalized spacial score (nSPS) is 10.9. The molecule has 0 aliphatic carbocycles. The van der Waals surface area contributed by atoms with E-state index in [1.165, 1.54) is 5.56 Å². The Labute approximate surface area is 166 Å². The van der Waals surface area contributed by atoms with Crippen LogP contribution < -0.4 is 5.32 Å². The lowest BCUT2D eigenvalue weighted by atomic mass is 9.84. The quantitative estimate of drug-likeness (QED) is 0.757. The summed E-state index contributed by atoms with van der Waals surface area (Å²) in [6, 6.07) is 12.5. The van der Waals surface area contributed by atoms with Crippen molar-refractivity contribution >= 4 is 17.6 Å². The van der Waals surface area contributed by atoms with Crippen LogP contribution in [0, 0.1) is 25.2 Å². The number of esters is 1. The van der Waals surface area contributed by atoms with E-state index in [2.05, 4.69) is 38.2 Å². The van der Waals surface area contributed by atoms with Crippen LogP contribution in [-0.2, 0) is 21.6 Å². The zero-order valence-electron chi connectivity index (χ0n) is 17.1. The molecule has 0 radical (unpaired) electrons. The first-order chi connectivity index (χ1) is 13.1. The number of nitriles is 1. The number of aryl methyl sites for hydroxylation is 2. The van der Waals surface area contributed by atoms with Crippen LogP contribution in [0.4, 0.5) is 5.69 Å². The molecule has 2 aromatic carbocycles. The summed E-state index contributed by atoms with van der Waals surface area (Å²) in [6.07, 6.45) is -0.212. The van der Waals surface area contributed by atoms with Crippen molar-refractivity contribution in [3.8, 4) is 6.07 Å². The number of carbonyl (C=O) groups is 2. The van der Waals surface area contributed by atoms with Crippen LogP contribution in [0.15, 0.2) is 36.4 Å². The molecule has 0 spiro atoms. The summed E-state index contributed by atoms with van der Waals surface area (Å²) in [6.45, 7) is 10.8. The molecule has 0 aliphatic rings. The van der Waals surface area contributed by atoms with Crippen LogP contribution in [0.3, 0.4) is 0 Å². The number of rotatable bonds is 5. The molecule has 0 heterocycles. The Morgan fingerprint density at radius 3 is 2.14 bits per heavy atom. The smallest absolute Gasteiger partial charge is 0.338 e. The summed E-state index contributed by atoms with van der Waals surface area (Å²) in [5.74, 6) is -0.809. The summed E-state index contributed by atoms with van der Waals surface area (Å²) in [5.41, 5.74) is 5.48. The monoisotopic (exact) mass is 378 g/mol. The van der Waals surface area contributed by atoms with Gasteiger partial charge in [-0.1, -0.05) is 32.9 Å². The van der Waals surface area contributed by atoms with Crippen molar-refractivity contribution in [2.45, 2.75) is 53.1 Å². The lowest BCUT2D eigenvalue weighted by molar-refractivity contribution is -0.115. The minimum atomic E-state index is -0.423. The number of carbonyl (C=O) groups excluding carboxylic acids is 2. The van der Waals surface area contributed by atoms with Crippen LogP contribution in [0.5, 0.6) is 0 Å². The maximum Gasteiger partial charge on any atom is 0.338 e. The maximum absolute atomic E-state index is 12.4. The van der Waals surface area contributed by atoms with E-state index >= 15 is 0 Å². The third-order valence-corrected chi connectivity index (χ3v) is 4.55. The number of ether oxygens (including phenoxy) is 1. The highest BCUT2D eigenvalue weighted by molar-refractivity contribution is 5.93. The first-order valence-corrected chi connectivity index (χ1v) is 9.16. The van der Waals surface area contributed by atoms with E-state index in [0.717, 1.165) is 16.7 Å². The van der Waals surface area contributed by atoms with Gasteiger partial charge in [-0.15, -0.1) is 0 Å². The molecule has 5 nitrogen and oxygen atoms in total. The zero-order chi connectivity index (χ0) is 20.9. The van der Waals surface area contributed by atoms with Gasteiger partial charge in [-0.3, -0.25) is 4.79 Å². The van der Waals surface area contributed by atoms with E-state index in [4.69, 9.17) is 10.00 Å². The molecular weight excluding hydrogens is 352 g/mol. The Kier molecular flexibility index (Phi) is 6.58. The van der Waals surface area contributed by atoms with Crippen molar-refractivity contribution < 1.29 is 14.3 Å². The molecule has 146 valence electrons. The summed E-state index contributed by atoms with van der Waals surface area (Å²) >= 11 is 0. The molecule has 28 heavy (non-hydrogen) atoms. The van der Waals surface area contributed by atoms with Crippen molar-refractivity contribution in [3.63, 3.8) is 0 Å². The SMILES string of the molecule is Cc1cc(C(C)(C)C)cc(C)c1COC(=O)c1ccc(NC(=O)CC#N)cc1. The number of benzene rings is 2. The van der Waals surface area contributed by atoms with Gasteiger partial charge in [0.1, 0.15) is 13.0 Å². The van der Waals surface area contributed by atoms with Crippen molar-refractivity contribution in [2.75, 3.05) is 5.32 Å². The molecule has 0 saturated carbocycles. The molecule has 0 aromatic heterocycles. The minimum Gasteiger partial charge on any atom is -0.457 e. The van der Waals surface area contributed by atoms with Gasteiger partial charge >= 0.3 is 5.97 Å².